The molecule has 1 saturated heterocycles. The molecule has 0 spiro atoms. The van der Waals surface area contributed by atoms with Gasteiger partial charge in [0, 0.05) is 44.7 Å². The van der Waals surface area contributed by atoms with E-state index in [2.05, 4.69) is 47.5 Å². The minimum atomic E-state index is -3.53. The van der Waals surface area contributed by atoms with Gasteiger partial charge < -0.3 is 4.90 Å². The third-order valence-electron chi connectivity index (χ3n) is 5.31. The predicted molar refractivity (Wildman–Crippen MR) is 115 cm³/mol. The average Bonchev–Trinajstić information content (AvgIpc) is 3.22. The Labute approximate surface area is 175 Å². The van der Waals surface area contributed by atoms with E-state index in [1.54, 1.807) is 16.4 Å². The number of rotatable bonds is 4. The number of anilines is 1. The van der Waals surface area contributed by atoms with Gasteiger partial charge in [-0.15, -0.1) is 11.3 Å². The Morgan fingerprint density at radius 1 is 1.03 bits per heavy atom. The monoisotopic (exact) mass is 432 g/mol. The number of nitrogens with one attached hydrogen (secondary N) is 1. The molecule has 4 rings (SSSR count). The molecule has 0 saturated carbocycles. The molecule has 0 radical (unpaired) electrons. The van der Waals surface area contributed by atoms with Gasteiger partial charge in [-0.3, -0.25) is 4.79 Å². The molecule has 1 amide bonds. The van der Waals surface area contributed by atoms with Crippen LogP contribution in [-0.4, -0.2) is 50.5 Å². The zero-order valence-electron chi connectivity index (χ0n) is 16.5. The van der Waals surface area contributed by atoms with E-state index in [0.717, 1.165) is 10.6 Å². The number of hydrazone groups is 1. The van der Waals surface area contributed by atoms with Gasteiger partial charge in [0.05, 0.1) is 10.6 Å². The summed E-state index contributed by atoms with van der Waals surface area (Å²) in [6, 6.07) is 9.79. The summed E-state index contributed by atoms with van der Waals surface area (Å²) in [6.07, 6.45) is 0.902. The highest BCUT2D eigenvalue weighted by Crippen LogP contribution is 2.29. The first kappa shape index (κ1) is 20.1. The fourth-order valence-electron chi connectivity index (χ4n) is 3.62. The molecule has 3 heterocycles. The second-order valence-corrected chi connectivity index (χ2v) is 10.6. The summed E-state index contributed by atoms with van der Waals surface area (Å²) in [4.78, 5) is 14.3. The SMILES string of the molecule is Cc1ccc(C)c(N2CCN(S(=O)(=O)c3ccc(C4=NNC(=O)CC4)s3)CC2)c1. The summed E-state index contributed by atoms with van der Waals surface area (Å²) in [5.74, 6) is -0.111. The van der Waals surface area contributed by atoms with Crippen molar-refractivity contribution in [3.05, 3.63) is 46.3 Å². The number of benzene rings is 1. The topological polar surface area (TPSA) is 82.1 Å². The molecule has 1 fully saturated rings. The molecule has 2 aliphatic heterocycles. The van der Waals surface area contributed by atoms with Crippen molar-refractivity contribution in [2.45, 2.75) is 30.9 Å². The maximum Gasteiger partial charge on any atom is 0.252 e. The number of piperazine rings is 1. The fraction of sp³-hybridized carbons (Fsp3) is 0.400. The van der Waals surface area contributed by atoms with Gasteiger partial charge in [0.1, 0.15) is 4.21 Å². The van der Waals surface area contributed by atoms with Gasteiger partial charge in [-0.25, -0.2) is 13.8 Å². The number of hydrogen-bond donors (Lipinski definition) is 1. The Bertz CT molecular complexity index is 1070. The maximum atomic E-state index is 13.1. The quantitative estimate of drug-likeness (QED) is 0.805. The van der Waals surface area contributed by atoms with Crippen LogP contribution >= 0.6 is 11.3 Å². The van der Waals surface area contributed by atoms with Gasteiger partial charge in [-0.2, -0.15) is 9.41 Å². The van der Waals surface area contributed by atoms with E-state index in [4.69, 9.17) is 0 Å². The number of aryl methyl sites for hydroxylation is 2. The highest BCUT2D eigenvalue weighted by Gasteiger charge is 2.30. The van der Waals surface area contributed by atoms with Crippen LogP contribution in [0.3, 0.4) is 0 Å². The highest BCUT2D eigenvalue weighted by atomic mass is 32.2. The molecule has 2 aromatic rings. The van der Waals surface area contributed by atoms with E-state index in [-0.39, 0.29) is 5.91 Å². The summed E-state index contributed by atoms with van der Waals surface area (Å²) in [5.41, 5.74) is 6.78. The van der Waals surface area contributed by atoms with Crippen molar-refractivity contribution >= 4 is 38.7 Å². The Morgan fingerprint density at radius 3 is 2.48 bits per heavy atom. The molecule has 29 heavy (non-hydrogen) atoms. The summed E-state index contributed by atoms with van der Waals surface area (Å²) in [5, 5.41) is 4.06. The number of carbonyl (C=O) groups excluding carboxylic acids is 1. The molecular formula is C20H24N4O3S2. The first-order valence-corrected chi connectivity index (χ1v) is 11.9. The lowest BCUT2D eigenvalue weighted by atomic mass is 10.1. The van der Waals surface area contributed by atoms with Crippen LogP contribution in [0, 0.1) is 13.8 Å². The third kappa shape index (κ3) is 4.08. The number of sulfonamides is 1. The molecular weight excluding hydrogens is 408 g/mol. The van der Waals surface area contributed by atoms with E-state index in [0.29, 0.717) is 43.2 Å². The van der Waals surface area contributed by atoms with Crippen LogP contribution in [-0.2, 0) is 14.8 Å². The molecule has 2 aliphatic rings. The van der Waals surface area contributed by atoms with Crippen LogP contribution in [0.4, 0.5) is 5.69 Å². The van der Waals surface area contributed by atoms with Gasteiger partial charge in [-0.05, 0) is 43.2 Å². The van der Waals surface area contributed by atoms with Crippen LogP contribution in [0.15, 0.2) is 39.6 Å². The van der Waals surface area contributed by atoms with Gasteiger partial charge in [0.15, 0.2) is 0 Å². The number of hydrogen-bond acceptors (Lipinski definition) is 6. The van der Waals surface area contributed by atoms with E-state index in [9.17, 15) is 13.2 Å². The van der Waals surface area contributed by atoms with E-state index >= 15 is 0 Å². The minimum absolute atomic E-state index is 0.111. The van der Waals surface area contributed by atoms with Gasteiger partial charge >= 0.3 is 0 Å². The van der Waals surface area contributed by atoms with Crippen molar-refractivity contribution in [3.63, 3.8) is 0 Å². The van der Waals surface area contributed by atoms with E-state index < -0.39 is 10.0 Å². The third-order valence-corrected chi connectivity index (χ3v) is 8.81. The average molecular weight is 433 g/mol. The Kier molecular flexibility index (Phi) is 5.46. The summed E-state index contributed by atoms with van der Waals surface area (Å²) in [6.45, 7) is 6.41. The second kappa shape index (κ2) is 7.89. The predicted octanol–water partition coefficient (Wildman–Crippen LogP) is 2.49. The van der Waals surface area contributed by atoms with Crippen LogP contribution < -0.4 is 10.3 Å². The number of nitrogens with zero attached hydrogens (tertiary/aromatic N) is 3. The minimum Gasteiger partial charge on any atom is -0.369 e. The zero-order chi connectivity index (χ0) is 20.6. The normalized spacial score (nSPS) is 18.5. The standard InChI is InChI=1S/C20H24N4O3S2/c1-14-3-4-15(2)17(13-14)23-9-11-24(12-10-23)29(26,27)20-8-6-18(28-20)16-5-7-19(25)22-21-16/h3-4,6,8,13H,5,7,9-12H2,1-2H3,(H,22,25). The molecule has 154 valence electrons. The van der Waals surface area contributed by atoms with Gasteiger partial charge in [0.25, 0.3) is 10.0 Å². The molecule has 0 aliphatic carbocycles. The molecule has 0 atom stereocenters. The number of amides is 1. The fourth-order valence-corrected chi connectivity index (χ4v) is 6.52. The second-order valence-electron chi connectivity index (χ2n) is 7.39. The van der Waals surface area contributed by atoms with Crippen molar-refractivity contribution in [2.75, 3.05) is 31.1 Å². The van der Waals surface area contributed by atoms with Crippen LogP contribution in [0.5, 0.6) is 0 Å². The van der Waals surface area contributed by atoms with E-state index in [1.807, 2.05) is 0 Å². The maximum absolute atomic E-state index is 13.1. The van der Waals surface area contributed by atoms with E-state index in [1.165, 1.54) is 28.2 Å². The lowest BCUT2D eigenvalue weighted by Crippen LogP contribution is -2.48. The molecule has 0 unspecified atom stereocenters. The number of carbonyl (C=O) groups is 1. The molecule has 9 heteroatoms. The molecule has 1 N–H and O–H groups in total. The van der Waals surface area contributed by atoms with Crippen molar-refractivity contribution in [1.82, 2.24) is 9.73 Å². The molecule has 7 nitrogen and oxygen atoms in total. The van der Waals surface area contributed by atoms with Crippen LogP contribution in [0.25, 0.3) is 0 Å². The lowest BCUT2D eigenvalue weighted by molar-refractivity contribution is -0.121. The summed E-state index contributed by atoms with van der Waals surface area (Å²) < 4.78 is 28.1. The Hall–Kier alpha value is -2.23. The largest absolute Gasteiger partial charge is 0.369 e. The smallest absolute Gasteiger partial charge is 0.252 e. The first-order valence-electron chi connectivity index (χ1n) is 9.62. The first-order chi connectivity index (χ1) is 13.8. The molecule has 0 bridgehead atoms. The van der Waals surface area contributed by atoms with Crippen molar-refractivity contribution < 1.29 is 13.2 Å². The Morgan fingerprint density at radius 2 is 1.79 bits per heavy atom. The van der Waals surface area contributed by atoms with Crippen molar-refractivity contribution in [2.24, 2.45) is 5.10 Å². The summed E-state index contributed by atoms with van der Waals surface area (Å²) in [7, 11) is -3.53. The van der Waals surface area contributed by atoms with Crippen LogP contribution in [0.2, 0.25) is 0 Å². The molecule has 1 aromatic heterocycles. The zero-order valence-corrected chi connectivity index (χ0v) is 18.1. The lowest BCUT2D eigenvalue weighted by Gasteiger charge is -2.36. The van der Waals surface area contributed by atoms with Crippen LogP contribution in [0.1, 0.15) is 28.8 Å². The van der Waals surface area contributed by atoms with Crippen molar-refractivity contribution in [1.29, 1.82) is 0 Å². The Balaban J connectivity index is 1.47. The van der Waals surface area contributed by atoms with Gasteiger partial charge in [0.2, 0.25) is 5.91 Å². The number of thiophene rings is 1. The molecule has 1 aromatic carbocycles. The highest BCUT2D eigenvalue weighted by molar-refractivity contribution is 7.91. The van der Waals surface area contributed by atoms with Gasteiger partial charge in [-0.1, -0.05) is 12.1 Å². The van der Waals surface area contributed by atoms with Crippen molar-refractivity contribution in [3.8, 4) is 0 Å². The summed E-state index contributed by atoms with van der Waals surface area (Å²) >= 11 is 1.22.